The molecule has 1 aromatic carbocycles. The van der Waals surface area contributed by atoms with Crippen LogP contribution in [0.2, 0.25) is 0 Å². The number of likely N-dealkylation sites (N-methyl/N-ethyl adjacent to an activating group) is 1. The average molecular weight is 493 g/mol. The quantitative estimate of drug-likeness (QED) is 0.639. The summed E-state index contributed by atoms with van der Waals surface area (Å²) in [6.07, 6.45) is 2.79. The molecule has 2 N–H and O–H groups in total. The van der Waals surface area contributed by atoms with Crippen LogP contribution in [0.15, 0.2) is 35.6 Å². The van der Waals surface area contributed by atoms with E-state index in [1.807, 2.05) is 32.0 Å². The minimum atomic E-state index is -0.0510. The number of amides is 2. The summed E-state index contributed by atoms with van der Waals surface area (Å²) in [5.41, 5.74) is 7.45. The Bertz CT molecular complexity index is 1130. The molecule has 36 heavy (non-hydrogen) atoms. The number of rotatable bonds is 6. The number of hydrogen-bond donors (Lipinski definition) is 2. The van der Waals surface area contributed by atoms with Crippen LogP contribution in [0, 0.1) is 6.92 Å². The van der Waals surface area contributed by atoms with Gasteiger partial charge < -0.3 is 25.3 Å². The molecule has 1 aromatic heterocycles. The van der Waals surface area contributed by atoms with E-state index in [2.05, 4.69) is 50.7 Å². The number of hydrazine groups is 1. The van der Waals surface area contributed by atoms with E-state index in [1.165, 1.54) is 0 Å². The maximum absolute atomic E-state index is 12.4. The molecule has 10 heteroatoms. The summed E-state index contributed by atoms with van der Waals surface area (Å²) in [7, 11) is 2.16. The molecule has 10 nitrogen and oxygen atoms in total. The smallest absolute Gasteiger partial charge is 0.317 e. The van der Waals surface area contributed by atoms with Gasteiger partial charge in [-0.25, -0.2) is 24.8 Å². The van der Waals surface area contributed by atoms with Crippen LogP contribution in [0.3, 0.4) is 0 Å². The first kappa shape index (κ1) is 24.6. The Labute approximate surface area is 212 Å². The summed E-state index contributed by atoms with van der Waals surface area (Å²) >= 11 is 0. The second-order valence-electron chi connectivity index (χ2n) is 10.3. The van der Waals surface area contributed by atoms with Gasteiger partial charge in [-0.2, -0.15) is 0 Å². The van der Waals surface area contributed by atoms with Crippen molar-refractivity contribution < 1.29 is 9.53 Å². The zero-order valence-corrected chi connectivity index (χ0v) is 21.6. The fraction of sp³-hybridized carbons (Fsp3) is 0.538. The zero-order chi connectivity index (χ0) is 25.2. The molecule has 0 radical (unpaired) electrons. The first-order valence-corrected chi connectivity index (χ1v) is 12.7. The van der Waals surface area contributed by atoms with Crippen molar-refractivity contribution in [3.63, 3.8) is 0 Å². The Hall–Kier alpha value is -3.08. The number of ether oxygens (including phenoxy) is 1. The summed E-state index contributed by atoms with van der Waals surface area (Å²) in [5, 5.41) is 5.30. The predicted molar refractivity (Wildman–Crippen MR) is 139 cm³/mol. The number of likely N-dealkylation sites (tertiary alicyclic amines) is 1. The molecule has 1 unspecified atom stereocenters. The molecule has 3 fully saturated rings. The van der Waals surface area contributed by atoms with E-state index in [-0.39, 0.29) is 18.2 Å². The van der Waals surface area contributed by atoms with E-state index < -0.39 is 0 Å². The second kappa shape index (κ2) is 10.5. The molecule has 4 heterocycles. The number of benzene rings is 1. The third-order valence-corrected chi connectivity index (χ3v) is 6.96. The summed E-state index contributed by atoms with van der Waals surface area (Å²) in [6.45, 7) is 10.9. The monoisotopic (exact) mass is 492 g/mol. The highest BCUT2D eigenvalue weighted by Crippen LogP contribution is 2.24. The Morgan fingerprint density at radius 2 is 2.06 bits per heavy atom. The van der Waals surface area contributed by atoms with Gasteiger partial charge >= 0.3 is 6.03 Å². The number of nitrogens with one attached hydrogen (secondary N) is 2. The Morgan fingerprint density at radius 1 is 1.22 bits per heavy atom. The highest BCUT2D eigenvalue weighted by atomic mass is 16.5. The van der Waals surface area contributed by atoms with Gasteiger partial charge in [0.25, 0.3) is 0 Å². The van der Waals surface area contributed by atoms with Gasteiger partial charge in [-0.15, -0.1) is 0 Å². The number of aliphatic imine (C=N–C) groups is 1. The maximum atomic E-state index is 12.4. The molecule has 1 atom stereocenters. The minimum absolute atomic E-state index is 0.0510. The van der Waals surface area contributed by atoms with E-state index in [1.54, 1.807) is 11.2 Å². The van der Waals surface area contributed by atoms with Crippen LogP contribution in [-0.2, 0) is 11.3 Å². The van der Waals surface area contributed by atoms with Crippen molar-refractivity contribution in [3.8, 4) is 11.3 Å². The number of amidine groups is 1. The summed E-state index contributed by atoms with van der Waals surface area (Å²) in [6, 6.07) is 8.51. The van der Waals surface area contributed by atoms with Crippen LogP contribution >= 0.6 is 0 Å². The van der Waals surface area contributed by atoms with Crippen LogP contribution in [0.1, 0.15) is 31.4 Å². The number of carbonyl (C=O) groups is 1. The number of nitrogens with zero attached hydrogens (tertiary/aromatic N) is 6. The molecule has 3 aliphatic heterocycles. The lowest BCUT2D eigenvalue weighted by Crippen LogP contribution is -2.58. The number of fused-ring (bicyclic) bond motifs is 1. The summed E-state index contributed by atoms with van der Waals surface area (Å²) in [5.74, 6) is 1.60. The third kappa shape index (κ3) is 5.66. The largest absolute Gasteiger partial charge is 0.372 e. The number of urea groups is 1. The molecule has 0 bridgehead atoms. The molecular formula is C26H36N8O2. The Kier molecular flexibility index (Phi) is 7.17. The molecule has 5 rings (SSSR count). The highest BCUT2D eigenvalue weighted by molar-refractivity contribution is 5.86. The molecule has 0 spiro atoms. The van der Waals surface area contributed by atoms with Crippen molar-refractivity contribution in [2.24, 2.45) is 4.99 Å². The molecule has 2 aromatic rings. The van der Waals surface area contributed by atoms with Crippen molar-refractivity contribution >= 4 is 17.7 Å². The molecule has 2 amide bonds. The van der Waals surface area contributed by atoms with E-state index in [4.69, 9.17) is 9.73 Å². The SMILES string of the molecule is Cc1cc(-c2cc(N=C3CC4CN(C)CCN4N3)ncn2)ccc1CNC(=O)N1CC(OC(C)C)C1. The fourth-order valence-electron chi connectivity index (χ4n) is 4.95. The standard InChI is InChI=1S/C26H36N8O2/c1-17(2)36-22-14-33(15-22)26(35)27-12-20-6-5-19(9-18(20)3)23-11-24(29-16-28-23)30-25-10-21-13-32(4)7-8-34(21)31-25/h5-6,9,11,16-17,21-22H,7-8,10,12-15H2,1-4H3,(H,27,35)(H,28,29,30,31). The number of aromatic nitrogens is 2. The summed E-state index contributed by atoms with van der Waals surface area (Å²) < 4.78 is 5.73. The van der Waals surface area contributed by atoms with Crippen LogP contribution in [0.4, 0.5) is 10.6 Å². The van der Waals surface area contributed by atoms with Crippen molar-refractivity contribution in [1.29, 1.82) is 0 Å². The van der Waals surface area contributed by atoms with Crippen molar-refractivity contribution in [1.82, 2.24) is 35.5 Å². The highest BCUT2D eigenvalue weighted by Gasteiger charge is 2.33. The van der Waals surface area contributed by atoms with Crippen LogP contribution in [-0.4, -0.2) is 94.7 Å². The van der Waals surface area contributed by atoms with E-state index in [9.17, 15) is 4.79 Å². The van der Waals surface area contributed by atoms with Crippen LogP contribution < -0.4 is 10.7 Å². The molecule has 0 aliphatic carbocycles. The maximum Gasteiger partial charge on any atom is 0.317 e. The Balaban J connectivity index is 1.19. The molecule has 3 aliphatic rings. The van der Waals surface area contributed by atoms with Gasteiger partial charge in [0, 0.05) is 50.3 Å². The molecule has 3 saturated heterocycles. The van der Waals surface area contributed by atoms with Crippen LogP contribution in [0.25, 0.3) is 11.3 Å². The van der Waals surface area contributed by atoms with Gasteiger partial charge in [0.1, 0.15) is 12.2 Å². The van der Waals surface area contributed by atoms with Gasteiger partial charge in [-0.3, -0.25) is 0 Å². The first-order valence-electron chi connectivity index (χ1n) is 12.7. The normalized spacial score (nSPS) is 22.0. The zero-order valence-electron chi connectivity index (χ0n) is 21.6. The number of hydrogen-bond acceptors (Lipinski definition) is 7. The van der Waals surface area contributed by atoms with Gasteiger partial charge in [-0.1, -0.05) is 12.1 Å². The number of piperazine rings is 1. The van der Waals surface area contributed by atoms with Crippen molar-refractivity contribution in [3.05, 3.63) is 41.7 Å². The van der Waals surface area contributed by atoms with Gasteiger partial charge in [0.2, 0.25) is 0 Å². The minimum Gasteiger partial charge on any atom is -0.372 e. The van der Waals surface area contributed by atoms with Crippen molar-refractivity contribution in [2.75, 3.05) is 39.8 Å². The van der Waals surface area contributed by atoms with E-state index >= 15 is 0 Å². The van der Waals surface area contributed by atoms with Crippen molar-refractivity contribution in [2.45, 2.75) is 52.0 Å². The third-order valence-electron chi connectivity index (χ3n) is 6.96. The van der Waals surface area contributed by atoms with E-state index in [0.29, 0.717) is 31.5 Å². The number of carbonyl (C=O) groups excluding carboxylic acids is 1. The number of aryl methyl sites for hydroxylation is 1. The Morgan fingerprint density at radius 3 is 2.83 bits per heavy atom. The predicted octanol–water partition coefficient (Wildman–Crippen LogP) is 2.33. The molecule has 192 valence electrons. The second-order valence-corrected chi connectivity index (χ2v) is 10.3. The first-order chi connectivity index (χ1) is 17.3. The molecular weight excluding hydrogens is 456 g/mol. The molecule has 0 saturated carbocycles. The van der Waals surface area contributed by atoms with Crippen LogP contribution in [0.5, 0.6) is 0 Å². The fourth-order valence-corrected chi connectivity index (χ4v) is 4.95. The van der Waals surface area contributed by atoms with E-state index in [0.717, 1.165) is 54.3 Å². The van der Waals surface area contributed by atoms with Gasteiger partial charge in [0.05, 0.1) is 31.0 Å². The lowest BCUT2D eigenvalue weighted by Gasteiger charge is -2.39. The lowest BCUT2D eigenvalue weighted by atomic mass is 10.0. The van der Waals surface area contributed by atoms with Gasteiger partial charge in [-0.05, 0) is 45.0 Å². The lowest BCUT2D eigenvalue weighted by molar-refractivity contribution is -0.0641. The summed E-state index contributed by atoms with van der Waals surface area (Å²) in [4.78, 5) is 30.2. The average Bonchev–Trinajstić information content (AvgIpc) is 3.21. The topological polar surface area (TPSA) is 98.2 Å². The van der Waals surface area contributed by atoms with Gasteiger partial charge in [0.15, 0.2) is 5.82 Å².